The molecule has 2 heterocycles. The molecule has 0 aromatic carbocycles. The molecule has 0 saturated carbocycles. The van der Waals surface area contributed by atoms with E-state index in [2.05, 4.69) is 42.8 Å². The Morgan fingerprint density at radius 1 is 1.32 bits per heavy atom. The smallest absolute Gasteiger partial charge is 0.161 e. The van der Waals surface area contributed by atoms with Crippen LogP contribution in [0, 0.1) is 0 Å². The molecule has 104 valence electrons. The van der Waals surface area contributed by atoms with Gasteiger partial charge in [0.05, 0.1) is 23.0 Å². The molecule has 5 nitrogen and oxygen atoms in total. The standard InChI is InChI=1S/C13H20N4OS/c1-12(2)7-17(8-13(3,4)18-12)11-9(10(14)19)5-6-15-16-11/h5-6H,7-8H2,1-4H3,(H2,14,19). The van der Waals surface area contributed by atoms with Gasteiger partial charge in [-0.05, 0) is 33.8 Å². The molecule has 0 aliphatic carbocycles. The highest BCUT2D eigenvalue weighted by Crippen LogP contribution is 2.31. The maximum Gasteiger partial charge on any atom is 0.161 e. The molecule has 0 atom stereocenters. The van der Waals surface area contributed by atoms with Crippen molar-refractivity contribution in [3.8, 4) is 0 Å². The second-order valence-electron chi connectivity index (χ2n) is 6.11. The van der Waals surface area contributed by atoms with Gasteiger partial charge < -0.3 is 15.4 Å². The monoisotopic (exact) mass is 280 g/mol. The van der Waals surface area contributed by atoms with E-state index < -0.39 is 0 Å². The number of nitrogens with zero attached hydrogens (tertiary/aromatic N) is 3. The molecular weight excluding hydrogens is 260 g/mol. The van der Waals surface area contributed by atoms with Crippen molar-refractivity contribution in [2.24, 2.45) is 5.73 Å². The highest BCUT2D eigenvalue weighted by molar-refractivity contribution is 7.80. The molecule has 0 radical (unpaired) electrons. The van der Waals surface area contributed by atoms with E-state index in [0.717, 1.165) is 24.5 Å². The minimum Gasteiger partial charge on any atom is -0.389 e. The SMILES string of the molecule is CC1(C)CN(c2nnccc2C(N)=S)CC(C)(C)O1. The fourth-order valence-electron chi connectivity index (χ4n) is 2.69. The van der Waals surface area contributed by atoms with Crippen molar-refractivity contribution in [3.63, 3.8) is 0 Å². The zero-order chi connectivity index (χ0) is 14.3. The van der Waals surface area contributed by atoms with E-state index in [1.807, 2.05) is 0 Å². The minimum atomic E-state index is -0.257. The first-order chi connectivity index (χ1) is 8.70. The number of nitrogens with two attached hydrogens (primary N) is 1. The third-order valence-electron chi connectivity index (χ3n) is 2.96. The number of morpholine rings is 1. The first-order valence-corrected chi connectivity index (χ1v) is 6.68. The number of hydrogen-bond donors (Lipinski definition) is 1. The fraction of sp³-hybridized carbons (Fsp3) is 0.615. The van der Waals surface area contributed by atoms with Crippen LogP contribution in [0.4, 0.5) is 5.82 Å². The number of hydrogen-bond acceptors (Lipinski definition) is 5. The number of ether oxygens (including phenoxy) is 1. The van der Waals surface area contributed by atoms with Gasteiger partial charge in [-0.25, -0.2) is 0 Å². The van der Waals surface area contributed by atoms with Crippen LogP contribution in [-0.4, -0.2) is 39.5 Å². The Morgan fingerprint density at radius 2 is 1.89 bits per heavy atom. The van der Waals surface area contributed by atoms with E-state index in [1.54, 1.807) is 12.3 Å². The van der Waals surface area contributed by atoms with Crippen LogP contribution in [0.2, 0.25) is 0 Å². The van der Waals surface area contributed by atoms with Gasteiger partial charge in [0.15, 0.2) is 5.82 Å². The first-order valence-electron chi connectivity index (χ1n) is 6.27. The maximum absolute atomic E-state index is 6.06. The molecule has 1 fully saturated rings. The van der Waals surface area contributed by atoms with Crippen molar-refractivity contribution < 1.29 is 4.74 Å². The molecule has 0 amide bonds. The lowest BCUT2D eigenvalue weighted by Crippen LogP contribution is -2.57. The molecule has 1 aliphatic rings. The van der Waals surface area contributed by atoms with Crippen LogP contribution in [0.5, 0.6) is 0 Å². The van der Waals surface area contributed by atoms with Gasteiger partial charge in [-0.3, -0.25) is 0 Å². The molecule has 1 aliphatic heterocycles. The predicted molar refractivity (Wildman–Crippen MR) is 79.4 cm³/mol. The van der Waals surface area contributed by atoms with E-state index in [1.165, 1.54) is 0 Å². The van der Waals surface area contributed by atoms with Gasteiger partial charge in [-0.2, -0.15) is 5.10 Å². The Morgan fingerprint density at radius 3 is 2.42 bits per heavy atom. The summed E-state index contributed by atoms with van der Waals surface area (Å²) in [6.45, 7) is 9.72. The highest BCUT2D eigenvalue weighted by atomic mass is 32.1. The molecule has 0 bridgehead atoms. The molecule has 0 spiro atoms. The first kappa shape index (κ1) is 14.1. The van der Waals surface area contributed by atoms with Crippen LogP contribution in [0.1, 0.15) is 33.3 Å². The van der Waals surface area contributed by atoms with Crippen molar-refractivity contribution in [3.05, 3.63) is 17.8 Å². The highest BCUT2D eigenvalue weighted by Gasteiger charge is 2.39. The van der Waals surface area contributed by atoms with E-state index in [0.29, 0.717) is 4.99 Å². The fourth-order valence-corrected chi connectivity index (χ4v) is 2.85. The molecule has 1 aromatic heterocycles. The summed E-state index contributed by atoms with van der Waals surface area (Å²) in [5, 5.41) is 8.16. The lowest BCUT2D eigenvalue weighted by atomic mass is 9.98. The summed E-state index contributed by atoms with van der Waals surface area (Å²) in [5.74, 6) is 0.736. The van der Waals surface area contributed by atoms with Gasteiger partial charge in [0.2, 0.25) is 0 Å². The molecule has 1 saturated heterocycles. The summed E-state index contributed by atoms with van der Waals surface area (Å²) in [6.07, 6.45) is 1.61. The molecule has 0 unspecified atom stereocenters. The molecule has 19 heavy (non-hydrogen) atoms. The quantitative estimate of drug-likeness (QED) is 0.828. The van der Waals surface area contributed by atoms with Crippen molar-refractivity contribution in [2.45, 2.75) is 38.9 Å². The molecule has 2 rings (SSSR count). The van der Waals surface area contributed by atoms with Gasteiger partial charge in [0.25, 0.3) is 0 Å². The van der Waals surface area contributed by atoms with Crippen molar-refractivity contribution >= 4 is 23.0 Å². The third-order valence-corrected chi connectivity index (χ3v) is 3.18. The number of thiocarbonyl (C=S) groups is 1. The Labute approximate surface area is 119 Å². The Balaban J connectivity index is 2.39. The molecular formula is C13H20N4OS. The average Bonchev–Trinajstić information content (AvgIpc) is 2.24. The van der Waals surface area contributed by atoms with Gasteiger partial charge in [-0.1, -0.05) is 12.2 Å². The van der Waals surface area contributed by atoms with Gasteiger partial charge in [-0.15, -0.1) is 5.10 Å². The van der Waals surface area contributed by atoms with Crippen LogP contribution in [0.25, 0.3) is 0 Å². The van der Waals surface area contributed by atoms with Crippen molar-refractivity contribution in [2.75, 3.05) is 18.0 Å². The largest absolute Gasteiger partial charge is 0.389 e. The van der Waals surface area contributed by atoms with Crippen LogP contribution in [0.3, 0.4) is 0 Å². The van der Waals surface area contributed by atoms with Gasteiger partial charge in [0.1, 0.15) is 4.99 Å². The number of rotatable bonds is 2. The molecule has 6 heteroatoms. The second-order valence-corrected chi connectivity index (χ2v) is 6.55. The van der Waals surface area contributed by atoms with Gasteiger partial charge >= 0.3 is 0 Å². The summed E-state index contributed by atoms with van der Waals surface area (Å²) in [4.78, 5) is 2.48. The topological polar surface area (TPSA) is 64.3 Å². The lowest BCUT2D eigenvalue weighted by molar-refractivity contribution is -0.133. The Bertz CT molecular complexity index is 485. The summed E-state index contributed by atoms with van der Waals surface area (Å²) >= 11 is 5.09. The van der Waals surface area contributed by atoms with Crippen LogP contribution >= 0.6 is 12.2 Å². The average molecular weight is 280 g/mol. The van der Waals surface area contributed by atoms with E-state index >= 15 is 0 Å². The van der Waals surface area contributed by atoms with E-state index in [9.17, 15) is 0 Å². The maximum atomic E-state index is 6.06. The summed E-state index contributed by atoms with van der Waals surface area (Å²) < 4.78 is 6.06. The number of aromatic nitrogens is 2. The third kappa shape index (κ3) is 3.19. The zero-order valence-corrected chi connectivity index (χ0v) is 12.6. The zero-order valence-electron chi connectivity index (χ0n) is 11.8. The predicted octanol–water partition coefficient (Wildman–Crippen LogP) is 1.50. The molecule has 2 N–H and O–H groups in total. The minimum absolute atomic E-state index is 0.257. The molecule has 1 aromatic rings. The normalized spacial score (nSPS) is 21.2. The van der Waals surface area contributed by atoms with Crippen LogP contribution in [-0.2, 0) is 4.74 Å². The van der Waals surface area contributed by atoms with E-state index in [4.69, 9.17) is 22.7 Å². The second kappa shape index (κ2) is 4.68. The lowest BCUT2D eigenvalue weighted by Gasteiger charge is -2.47. The van der Waals surface area contributed by atoms with Crippen molar-refractivity contribution in [1.82, 2.24) is 10.2 Å². The summed E-state index contributed by atoms with van der Waals surface area (Å²) in [7, 11) is 0. The van der Waals surface area contributed by atoms with E-state index in [-0.39, 0.29) is 11.2 Å². The Hall–Kier alpha value is -1.27. The Kier molecular flexibility index (Phi) is 3.49. The summed E-state index contributed by atoms with van der Waals surface area (Å²) in [6, 6.07) is 1.81. The van der Waals surface area contributed by atoms with Gasteiger partial charge in [0, 0.05) is 13.1 Å². The van der Waals surface area contributed by atoms with Crippen LogP contribution in [0.15, 0.2) is 12.3 Å². The number of anilines is 1. The van der Waals surface area contributed by atoms with Crippen LogP contribution < -0.4 is 10.6 Å². The summed E-state index contributed by atoms with van der Waals surface area (Å²) in [5.41, 5.74) is 6.01. The van der Waals surface area contributed by atoms with Crippen molar-refractivity contribution in [1.29, 1.82) is 0 Å².